The zero-order valence-corrected chi connectivity index (χ0v) is 82.1. The highest BCUT2D eigenvalue weighted by molar-refractivity contribution is 6.17. The minimum absolute atomic E-state index is 1.15. The average molecular weight is 1910 g/mol. The molecule has 702 valence electrons. The van der Waals surface area contributed by atoms with Crippen LogP contribution in [0.2, 0.25) is 0 Å². The third-order valence-electron chi connectivity index (χ3n) is 30.4. The quantitative estimate of drug-likeness (QED) is 0.0979. The van der Waals surface area contributed by atoms with Crippen LogP contribution < -0.4 is 0 Å². The van der Waals surface area contributed by atoms with Gasteiger partial charge in [0.1, 0.15) is 0 Å². The lowest BCUT2D eigenvalue weighted by molar-refractivity contribution is 1.18. The fourth-order valence-corrected chi connectivity index (χ4v) is 23.2. The lowest BCUT2D eigenvalue weighted by Gasteiger charge is -2.12. The molecular formula is C144H96N6. The second-order valence-corrected chi connectivity index (χ2v) is 39.0. The highest BCUT2D eigenvalue weighted by atomic mass is 15.0. The van der Waals surface area contributed by atoms with Gasteiger partial charge < -0.3 is 27.4 Å². The van der Waals surface area contributed by atoms with Crippen molar-refractivity contribution in [1.29, 1.82) is 0 Å². The zero-order chi connectivity index (χ0) is 99.1. The number of hydrogen-bond acceptors (Lipinski definition) is 0. The number of fused-ring (bicyclic) bond motifs is 18. The second-order valence-electron chi connectivity index (χ2n) is 39.0. The van der Waals surface area contributed by atoms with Crippen molar-refractivity contribution >= 4 is 131 Å². The topological polar surface area (TPSA) is 29.6 Å². The van der Waals surface area contributed by atoms with Gasteiger partial charge in [-0.1, -0.05) is 394 Å². The number of nitrogens with zero attached hydrogens (tertiary/aromatic N) is 6. The molecule has 30 aromatic rings. The van der Waals surface area contributed by atoms with Crippen LogP contribution in [0.1, 0.15) is 0 Å². The lowest BCUT2D eigenvalue weighted by Crippen LogP contribution is -1.94. The summed E-state index contributed by atoms with van der Waals surface area (Å²) in [6, 6.07) is 211. The van der Waals surface area contributed by atoms with E-state index in [-0.39, 0.29) is 0 Å². The van der Waals surface area contributed by atoms with E-state index >= 15 is 0 Å². The Morgan fingerprint density at radius 1 is 0.0733 bits per heavy atom. The minimum Gasteiger partial charge on any atom is -0.309 e. The Bertz CT molecular complexity index is 10400. The molecule has 6 heterocycles. The first-order chi connectivity index (χ1) is 74.4. The van der Waals surface area contributed by atoms with Gasteiger partial charge in [0.05, 0.1) is 66.2 Å². The van der Waals surface area contributed by atoms with E-state index in [4.69, 9.17) is 0 Å². The molecule has 150 heavy (non-hydrogen) atoms. The van der Waals surface area contributed by atoms with E-state index in [0.717, 1.165) is 17.1 Å². The van der Waals surface area contributed by atoms with Gasteiger partial charge in [-0.2, -0.15) is 0 Å². The van der Waals surface area contributed by atoms with Gasteiger partial charge in [-0.3, -0.25) is 0 Å². The number of benzene rings is 24. The van der Waals surface area contributed by atoms with Crippen LogP contribution in [0.15, 0.2) is 582 Å². The van der Waals surface area contributed by atoms with Crippen LogP contribution in [0, 0.1) is 0 Å². The summed E-state index contributed by atoms with van der Waals surface area (Å²) in [7, 11) is 0. The molecule has 0 aliphatic heterocycles. The highest BCUT2D eigenvalue weighted by Gasteiger charge is 2.24. The maximum atomic E-state index is 2.41. The fourth-order valence-electron chi connectivity index (χ4n) is 23.2. The fraction of sp³-hybridized carbons (Fsp3) is 0. The van der Waals surface area contributed by atoms with Gasteiger partial charge in [-0.15, -0.1) is 0 Å². The molecule has 30 rings (SSSR count). The molecule has 0 aliphatic rings. The largest absolute Gasteiger partial charge is 0.309 e. The maximum Gasteiger partial charge on any atom is 0.0541 e. The summed E-state index contributed by atoms with van der Waals surface area (Å²) < 4.78 is 14.3. The summed E-state index contributed by atoms with van der Waals surface area (Å²) >= 11 is 0. The molecule has 0 unspecified atom stereocenters. The van der Waals surface area contributed by atoms with E-state index in [1.54, 1.807) is 0 Å². The molecule has 6 aromatic heterocycles. The van der Waals surface area contributed by atoms with Crippen molar-refractivity contribution in [1.82, 2.24) is 27.4 Å². The van der Waals surface area contributed by atoms with Gasteiger partial charge in [0, 0.05) is 98.8 Å². The summed E-state index contributed by atoms with van der Waals surface area (Å²) in [6.07, 6.45) is 0. The van der Waals surface area contributed by atoms with Crippen molar-refractivity contribution in [2.45, 2.75) is 0 Å². The van der Waals surface area contributed by atoms with Gasteiger partial charge >= 0.3 is 0 Å². The normalized spacial score (nSPS) is 11.6. The molecule has 0 bridgehead atoms. The van der Waals surface area contributed by atoms with E-state index in [1.165, 1.54) is 248 Å². The molecule has 0 spiro atoms. The minimum atomic E-state index is 1.15. The second kappa shape index (κ2) is 37.4. The predicted octanol–water partition coefficient (Wildman–Crippen LogP) is 38.6. The first-order valence-electron chi connectivity index (χ1n) is 51.6. The highest BCUT2D eigenvalue weighted by Crippen LogP contribution is 2.46. The SMILES string of the molecule is c1ccc(-c2ccc(-c3ccc(-n4c5ccccc5c5cc(-c6ccc7c(c6)c6ccccc6n7-c6ccccc6)ccc54)cc3)cc2)cc1.c1ccc(-c2ccc(-c3cccc(-n4c5ccccc5c5cc(-c6ccc7c(c6)c6ccccc6n7-c6ccccc6)ccc54)c3)cc2)cc1.c1ccc(-c2cccc(-c3cccc(-n4c5ccccc5c5cc(-c6ccc7c(c6)c6ccccc6n7-c6ccccc6)ccc54)c3)c2)cc1. The first-order valence-corrected chi connectivity index (χ1v) is 51.6. The summed E-state index contributed by atoms with van der Waals surface area (Å²) in [5, 5.41) is 15.1. The van der Waals surface area contributed by atoms with Crippen LogP contribution in [-0.4, -0.2) is 27.4 Å². The molecule has 0 amide bonds. The van der Waals surface area contributed by atoms with Crippen LogP contribution in [-0.2, 0) is 0 Å². The monoisotopic (exact) mass is 1910 g/mol. The Labute approximate surface area is 868 Å². The molecule has 6 heteroatoms. The van der Waals surface area contributed by atoms with Gasteiger partial charge in [0.15, 0.2) is 0 Å². The zero-order valence-electron chi connectivity index (χ0n) is 82.1. The third-order valence-corrected chi connectivity index (χ3v) is 30.4. The Hall–Kier alpha value is -19.9. The molecular weight excluding hydrogens is 1810 g/mol. The van der Waals surface area contributed by atoms with Crippen molar-refractivity contribution in [3.8, 4) is 134 Å². The van der Waals surface area contributed by atoms with Crippen molar-refractivity contribution in [2.75, 3.05) is 0 Å². The van der Waals surface area contributed by atoms with Crippen LogP contribution in [0.3, 0.4) is 0 Å². The molecule has 6 nitrogen and oxygen atoms in total. The van der Waals surface area contributed by atoms with Gasteiger partial charge in [0.2, 0.25) is 0 Å². The summed E-state index contributed by atoms with van der Waals surface area (Å²) in [6.45, 7) is 0. The molecule has 0 radical (unpaired) electrons. The maximum absolute atomic E-state index is 2.41. The summed E-state index contributed by atoms with van der Waals surface area (Å²) in [5.41, 5.74) is 43.4. The van der Waals surface area contributed by atoms with Gasteiger partial charge in [0.25, 0.3) is 0 Å². The van der Waals surface area contributed by atoms with E-state index in [0.29, 0.717) is 0 Å². The van der Waals surface area contributed by atoms with Crippen molar-refractivity contribution < 1.29 is 0 Å². The molecule has 0 saturated heterocycles. The molecule has 24 aromatic carbocycles. The van der Waals surface area contributed by atoms with Crippen molar-refractivity contribution in [3.05, 3.63) is 582 Å². The Morgan fingerprint density at radius 3 is 0.473 bits per heavy atom. The Morgan fingerprint density at radius 2 is 0.213 bits per heavy atom. The summed E-state index contributed by atoms with van der Waals surface area (Å²) in [5.74, 6) is 0. The molecule has 0 saturated carbocycles. The number of aromatic nitrogens is 6. The number of rotatable bonds is 15. The average Bonchev–Trinajstić information content (AvgIpc) is 1.59. The smallest absolute Gasteiger partial charge is 0.0541 e. The van der Waals surface area contributed by atoms with E-state index in [1.807, 2.05) is 0 Å². The molecule has 0 aliphatic carbocycles. The van der Waals surface area contributed by atoms with Crippen molar-refractivity contribution in [3.63, 3.8) is 0 Å². The third kappa shape index (κ3) is 15.6. The first kappa shape index (κ1) is 87.8. The van der Waals surface area contributed by atoms with Gasteiger partial charge in [-0.25, -0.2) is 0 Å². The lowest BCUT2D eigenvalue weighted by atomic mass is 9.99. The van der Waals surface area contributed by atoms with Crippen LogP contribution in [0.25, 0.3) is 265 Å². The van der Waals surface area contributed by atoms with Crippen LogP contribution in [0.4, 0.5) is 0 Å². The van der Waals surface area contributed by atoms with Crippen molar-refractivity contribution in [2.24, 2.45) is 0 Å². The van der Waals surface area contributed by atoms with Crippen LogP contribution in [0.5, 0.6) is 0 Å². The Balaban J connectivity index is 0.000000108. The molecule has 0 atom stereocenters. The molecule has 0 N–H and O–H groups in total. The van der Waals surface area contributed by atoms with E-state index in [2.05, 4.69) is 610 Å². The number of hydrogen-bond donors (Lipinski definition) is 0. The van der Waals surface area contributed by atoms with Crippen LogP contribution >= 0.6 is 0 Å². The number of para-hydroxylation sites is 9. The van der Waals surface area contributed by atoms with E-state index < -0.39 is 0 Å². The Kier molecular flexibility index (Phi) is 21.9. The summed E-state index contributed by atoms with van der Waals surface area (Å²) in [4.78, 5) is 0. The van der Waals surface area contributed by atoms with Gasteiger partial charge in [-0.05, 0) is 288 Å². The standard InChI is InChI=1S/3C48H32N2/c1-3-13-33(14-4-1)34-15-11-16-35(29-34)36-17-12-20-40(30-36)50-46-24-10-8-22-42(46)44-32-38(26-28-48(44)50)37-25-27-47-43(31-37)41-21-7-9-23-45(41)49(47)39-18-5-2-6-19-39;1-3-12-33(13-4-1)34-22-24-35(25-23-34)36-14-11-17-40(30-36)50-46-21-10-8-19-42(46)44-32-38(27-29-48(44)50)37-26-28-47-43(31-37)41-18-7-9-20-45(41)49(47)39-15-5-2-6-16-39;1-3-11-33(12-4-1)34-19-21-35(22-20-34)36-23-27-40(28-24-36)50-46-18-10-8-16-42(46)44-32-38(26-30-48(44)50)37-25-29-47-43(31-37)41-15-7-9-17-45(41)49(47)39-13-5-2-6-14-39/h3*1-32H. The molecule has 0 fully saturated rings. The predicted molar refractivity (Wildman–Crippen MR) is 634 cm³/mol. The van der Waals surface area contributed by atoms with E-state index in [9.17, 15) is 0 Å².